The third-order valence-corrected chi connectivity index (χ3v) is 2.27. The van der Waals surface area contributed by atoms with Crippen LogP contribution in [0.15, 0.2) is 0 Å². The molecule has 0 aromatic heterocycles. The van der Waals surface area contributed by atoms with E-state index in [9.17, 15) is 0 Å². The van der Waals surface area contributed by atoms with Crippen LogP contribution in [0, 0.1) is 0 Å². The van der Waals surface area contributed by atoms with E-state index < -0.39 is 0 Å². The predicted molar refractivity (Wildman–Crippen MR) is 63.6 cm³/mol. The molecule has 0 radical (unpaired) electrons. The number of nitrogens with zero attached hydrogens (tertiary/aromatic N) is 2. The summed E-state index contributed by atoms with van der Waals surface area (Å²) < 4.78 is 0. The molecule has 0 aromatic rings. The highest BCUT2D eigenvalue weighted by Gasteiger charge is 2.11. The molecular formula is C11H27N3. The van der Waals surface area contributed by atoms with E-state index in [0.717, 1.165) is 13.0 Å². The molecule has 1 aliphatic rings. The van der Waals surface area contributed by atoms with Gasteiger partial charge >= 0.3 is 0 Å². The van der Waals surface area contributed by atoms with Crippen LogP contribution in [-0.4, -0.2) is 56.1 Å². The van der Waals surface area contributed by atoms with Crippen LogP contribution in [0.3, 0.4) is 0 Å². The summed E-state index contributed by atoms with van der Waals surface area (Å²) in [6, 6.07) is 0. The van der Waals surface area contributed by atoms with E-state index in [1.54, 1.807) is 0 Å². The standard InChI is InChI=1S/C8H19N3.C3H8/c1-10-5-7-11(8-6-10)4-2-3-9;1-3-2/h2-9H2,1H3;3H2,1-2H3. The summed E-state index contributed by atoms with van der Waals surface area (Å²) >= 11 is 0. The molecule has 0 bridgehead atoms. The molecule has 86 valence electrons. The predicted octanol–water partition coefficient (Wildman–Crippen LogP) is 0.999. The van der Waals surface area contributed by atoms with Gasteiger partial charge in [-0.05, 0) is 26.6 Å². The molecule has 14 heavy (non-hydrogen) atoms. The van der Waals surface area contributed by atoms with Crippen LogP contribution in [-0.2, 0) is 0 Å². The molecule has 0 aliphatic carbocycles. The van der Waals surface area contributed by atoms with Crippen LogP contribution >= 0.6 is 0 Å². The molecule has 0 saturated carbocycles. The SMILES string of the molecule is CCC.CN1CCN(CCCN)CC1. The van der Waals surface area contributed by atoms with Crippen molar-refractivity contribution < 1.29 is 0 Å². The van der Waals surface area contributed by atoms with Gasteiger partial charge in [-0.25, -0.2) is 0 Å². The zero-order valence-electron chi connectivity index (χ0n) is 10.1. The summed E-state index contributed by atoms with van der Waals surface area (Å²) in [5.74, 6) is 0. The first-order chi connectivity index (χ1) is 6.74. The highest BCUT2D eigenvalue weighted by Crippen LogP contribution is 1.98. The maximum atomic E-state index is 5.44. The summed E-state index contributed by atoms with van der Waals surface area (Å²) in [6.07, 6.45) is 2.39. The van der Waals surface area contributed by atoms with Crippen LogP contribution in [0.4, 0.5) is 0 Å². The lowest BCUT2D eigenvalue weighted by atomic mass is 10.3. The van der Waals surface area contributed by atoms with E-state index >= 15 is 0 Å². The van der Waals surface area contributed by atoms with Gasteiger partial charge in [0.15, 0.2) is 0 Å². The Morgan fingerprint density at radius 1 is 1.07 bits per heavy atom. The first-order valence-corrected chi connectivity index (χ1v) is 5.85. The van der Waals surface area contributed by atoms with Gasteiger partial charge in [-0.2, -0.15) is 0 Å². The second-order valence-corrected chi connectivity index (χ2v) is 3.99. The fraction of sp³-hybridized carbons (Fsp3) is 1.00. The maximum Gasteiger partial charge on any atom is 0.0110 e. The van der Waals surface area contributed by atoms with Crippen LogP contribution < -0.4 is 5.73 Å². The van der Waals surface area contributed by atoms with E-state index in [0.29, 0.717) is 0 Å². The van der Waals surface area contributed by atoms with Crippen molar-refractivity contribution in [3.05, 3.63) is 0 Å². The number of piperazine rings is 1. The number of hydrogen-bond donors (Lipinski definition) is 1. The average molecular weight is 201 g/mol. The number of likely N-dealkylation sites (N-methyl/N-ethyl adjacent to an activating group) is 1. The van der Waals surface area contributed by atoms with E-state index in [4.69, 9.17) is 5.73 Å². The Morgan fingerprint density at radius 3 is 2.00 bits per heavy atom. The number of nitrogens with two attached hydrogens (primary N) is 1. The second-order valence-electron chi connectivity index (χ2n) is 3.99. The fourth-order valence-corrected chi connectivity index (χ4v) is 1.39. The van der Waals surface area contributed by atoms with Crippen LogP contribution in [0.5, 0.6) is 0 Å². The summed E-state index contributed by atoms with van der Waals surface area (Å²) in [5.41, 5.74) is 5.44. The van der Waals surface area contributed by atoms with Gasteiger partial charge < -0.3 is 15.5 Å². The Bertz CT molecular complexity index is 106. The van der Waals surface area contributed by atoms with Crippen molar-refractivity contribution in [2.24, 2.45) is 5.73 Å². The number of rotatable bonds is 3. The van der Waals surface area contributed by atoms with Gasteiger partial charge in [0.05, 0.1) is 0 Å². The molecule has 0 atom stereocenters. The van der Waals surface area contributed by atoms with Gasteiger partial charge in [0, 0.05) is 26.2 Å². The summed E-state index contributed by atoms with van der Waals surface area (Å²) in [4.78, 5) is 4.87. The van der Waals surface area contributed by atoms with E-state index in [2.05, 4.69) is 30.7 Å². The Balaban J connectivity index is 0.000000500. The minimum absolute atomic E-state index is 0.826. The van der Waals surface area contributed by atoms with Gasteiger partial charge in [-0.3, -0.25) is 0 Å². The quantitative estimate of drug-likeness (QED) is 0.739. The third kappa shape index (κ3) is 7.30. The number of hydrogen-bond acceptors (Lipinski definition) is 3. The Labute approximate surface area is 89.2 Å². The minimum Gasteiger partial charge on any atom is -0.330 e. The largest absolute Gasteiger partial charge is 0.330 e. The molecule has 0 aromatic carbocycles. The molecule has 0 spiro atoms. The molecule has 1 rings (SSSR count). The van der Waals surface area contributed by atoms with E-state index in [-0.39, 0.29) is 0 Å². The van der Waals surface area contributed by atoms with Gasteiger partial charge in [-0.15, -0.1) is 0 Å². The zero-order chi connectivity index (χ0) is 10.8. The maximum absolute atomic E-state index is 5.44. The van der Waals surface area contributed by atoms with Crippen LogP contribution in [0.2, 0.25) is 0 Å². The molecule has 2 N–H and O–H groups in total. The fourth-order valence-electron chi connectivity index (χ4n) is 1.39. The lowest BCUT2D eigenvalue weighted by molar-refractivity contribution is 0.153. The Kier molecular flexibility index (Phi) is 9.35. The van der Waals surface area contributed by atoms with E-state index in [1.807, 2.05) is 0 Å². The van der Waals surface area contributed by atoms with Crippen molar-refractivity contribution in [2.75, 3.05) is 46.3 Å². The van der Waals surface area contributed by atoms with Gasteiger partial charge in [-0.1, -0.05) is 20.3 Å². The molecule has 3 heteroatoms. The summed E-state index contributed by atoms with van der Waals surface area (Å²) in [6.45, 7) is 11.1. The van der Waals surface area contributed by atoms with Crippen molar-refractivity contribution in [2.45, 2.75) is 26.7 Å². The van der Waals surface area contributed by atoms with Crippen molar-refractivity contribution >= 4 is 0 Å². The van der Waals surface area contributed by atoms with Crippen molar-refractivity contribution in [3.63, 3.8) is 0 Å². The van der Waals surface area contributed by atoms with Gasteiger partial charge in [0.2, 0.25) is 0 Å². The molecule has 0 amide bonds. The van der Waals surface area contributed by atoms with Crippen molar-refractivity contribution in [3.8, 4) is 0 Å². The monoisotopic (exact) mass is 201 g/mol. The Hall–Kier alpha value is -0.120. The van der Waals surface area contributed by atoms with Gasteiger partial charge in [0.1, 0.15) is 0 Å². The smallest absolute Gasteiger partial charge is 0.0110 e. The van der Waals surface area contributed by atoms with Crippen molar-refractivity contribution in [1.29, 1.82) is 0 Å². The summed E-state index contributed by atoms with van der Waals surface area (Å²) in [7, 11) is 2.18. The molecule has 0 unspecified atom stereocenters. The minimum atomic E-state index is 0.826. The van der Waals surface area contributed by atoms with Gasteiger partial charge in [0.25, 0.3) is 0 Å². The zero-order valence-corrected chi connectivity index (χ0v) is 10.1. The highest BCUT2D eigenvalue weighted by molar-refractivity contribution is 4.68. The molecule has 3 nitrogen and oxygen atoms in total. The molecule has 1 aliphatic heterocycles. The van der Waals surface area contributed by atoms with Crippen LogP contribution in [0.25, 0.3) is 0 Å². The topological polar surface area (TPSA) is 32.5 Å². The van der Waals surface area contributed by atoms with Crippen molar-refractivity contribution in [1.82, 2.24) is 9.80 Å². The van der Waals surface area contributed by atoms with Crippen LogP contribution in [0.1, 0.15) is 26.7 Å². The molecule has 1 heterocycles. The van der Waals surface area contributed by atoms with E-state index in [1.165, 1.54) is 39.1 Å². The lowest BCUT2D eigenvalue weighted by Gasteiger charge is -2.32. The first-order valence-electron chi connectivity index (χ1n) is 5.85. The lowest BCUT2D eigenvalue weighted by Crippen LogP contribution is -2.44. The molecular weight excluding hydrogens is 174 g/mol. The molecule has 1 saturated heterocycles. The first kappa shape index (κ1) is 13.9. The average Bonchev–Trinajstić information content (AvgIpc) is 2.18. The summed E-state index contributed by atoms with van der Waals surface area (Å²) in [5, 5.41) is 0. The Morgan fingerprint density at radius 2 is 1.57 bits per heavy atom. The molecule has 1 fully saturated rings. The second kappa shape index (κ2) is 9.44. The third-order valence-electron chi connectivity index (χ3n) is 2.27. The highest BCUT2D eigenvalue weighted by atomic mass is 15.2. The normalized spacial score (nSPS) is 18.9.